The maximum Gasteiger partial charge on any atom is 0.170 e. The second-order valence-electron chi connectivity index (χ2n) is 4.79. The molecule has 1 N–H and O–H groups in total. The minimum absolute atomic E-state index is 0.910. The van der Waals surface area contributed by atoms with E-state index in [1.54, 1.807) is 7.11 Å². The molecule has 1 heterocycles. The lowest BCUT2D eigenvalue weighted by atomic mass is 10.1. The second-order valence-corrected chi connectivity index (χ2v) is 4.79. The van der Waals surface area contributed by atoms with E-state index in [0.29, 0.717) is 0 Å². The first-order valence-electron chi connectivity index (χ1n) is 7.01. The van der Waals surface area contributed by atoms with Gasteiger partial charge in [-0.1, -0.05) is 25.7 Å². The van der Waals surface area contributed by atoms with Crippen LogP contribution in [0.5, 0.6) is 0 Å². The Morgan fingerprint density at radius 2 is 1.61 bits per heavy atom. The molecule has 0 amide bonds. The van der Waals surface area contributed by atoms with E-state index in [4.69, 9.17) is 4.74 Å². The second kappa shape index (κ2) is 9.89. The number of rotatable bonds is 10. The van der Waals surface area contributed by atoms with Gasteiger partial charge < -0.3 is 10.1 Å². The number of hydrogen-bond acceptors (Lipinski definition) is 2. The third-order valence-electron chi connectivity index (χ3n) is 3.08. The number of aromatic nitrogens is 1. The van der Waals surface area contributed by atoms with E-state index in [2.05, 4.69) is 29.8 Å². The van der Waals surface area contributed by atoms with Crippen LogP contribution in [0.3, 0.4) is 0 Å². The highest BCUT2D eigenvalue weighted by molar-refractivity contribution is 5.39. The lowest BCUT2D eigenvalue weighted by Gasteiger charge is -2.05. The molecule has 0 unspecified atom stereocenters. The zero-order valence-corrected chi connectivity index (χ0v) is 11.8. The van der Waals surface area contributed by atoms with E-state index >= 15 is 0 Å². The topological polar surface area (TPSA) is 25.1 Å². The zero-order chi connectivity index (χ0) is 13.1. The maximum atomic E-state index is 5.03. The van der Waals surface area contributed by atoms with Crippen molar-refractivity contribution in [2.24, 2.45) is 7.05 Å². The van der Waals surface area contributed by atoms with Crippen molar-refractivity contribution < 1.29 is 9.30 Å². The Morgan fingerprint density at radius 3 is 2.28 bits per heavy atom. The molecule has 1 aromatic heterocycles. The summed E-state index contributed by atoms with van der Waals surface area (Å²) in [6, 6.07) is 4.23. The number of unbranched alkanes of at least 4 members (excludes halogenated alkanes) is 5. The van der Waals surface area contributed by atoms with Gasteiger partial charge in [0.1, 0.15) is 7.05 Å². The number of pyridine rings is 1. The van der Waals surface area contributed by atoms with E-state index < -0.39 is 0 Å². The van der Waals surface area contributed by atoms with Crippen molar-refractivity contribution in [1.29, 1.82) is 0 Å². The lowest BCUT2D eigenvalue weighted by molar-refractivity contribution is -0.671. The first kappa shape index (κ1) is 15.0. The zero-order valence-electron chi connectivity index (χ0n) is 11.8. The monoisotopic (exact) mass is 251 g/mol. The van der Waals surface area contributed by atoms with Gasteiger partial charge in [-0.2, -0.15) is 0 Å². The van der Waals surface area contributed by atoms with E-state index in [9.17, 15) is 0 Å². The molecule has 0 saturated heterocycles. The summed E-state index contributed by atoms with van der Waals surface area (Å²) in [4.78, 5) is 0. The van der Waals surface area contributed by atoms with Crippen molar-refractivity contribution in [3.63, 3.8) is 0 Å². The fourth-order valence-electron chi connectivity index (χ4n) is 1.93. The largest absolute Gasteiger partial charge is 0.385 e. The van der Waals surface area contributed by atoms with E-state index in [1.807, 2.05) is 11.6 Å². The molecule has 0 aliphatic heterocycles. The van der Waals surface area contributed by atoms with Crippen LogP contribution in [-0.2, 0) is 11.8 Å². The Morgan fingerprint density at radius 1 is 1.00 bits per heavy atom. The number of aryl methyl sites for hydroxylation is 1. The van der Waals surface area contributed by atoms with Crippen LogP contribution in [0.25, 0.3) is 0 Å². The Kier molecular flexibility index (Phi) is 8.23. The predicted octanol–water partition coefficient (Wildman–Crippen LogP) is 2.91. The van der Waals surface area contributed by atoms with Crippen LogP contribution in [0.4, 0.5) is 5.69 Å². The Balaban J connectivity index is 1.91. The Hall–Kier alpha value is -1.09. The number of nitrogens with zero attached hydrogens (tertiary/aromatic N) is 1. The molecule has 0 fully saturated rings. The number of hydrogen-bond donors (Lipinski definition) is 1. The highest BCUT2D eigenvalue weighted by atomic mass is 16.5. The average molecular weight is 251 g/mol. The molecule has 18 heavy (non-hydrogen) atoms. The van der Waals surface area contributed by atoms with Gasteiger partial charge in [0.05, 0.1) is 0 Å². The van der Waals surface area contributed by atoms with Crippen molar-refractivity contribution in [3.8, 4) is 0 Å². The summed E-state index contributed by atoms with van der Waals surface area (Å²) in [5.41, 5.74) is 1.22. The van der Waals surface area contributed by atoms with Gasteiger partial charge in [0.15, 0.2) is 12.4 Å². The number of nitrogens with one attached hydrogen (secondary N) is 1. The average Bonchev–Trinajstić information content (AvgIpc) is 2.39. The summed E-state index contributed by atoms with van der Waals surface area (Å²) in [5.74, 6) is 0. The predicted molar refractivity (Wildman–Crippen MR) is 75.7 cm³/mol. The molecule has 0 aliphatic rings. The van der Waals surface area contributed by atoms with Crippen LogP contribution in [0, 0.1) is 0 Å². The van der Waals surface area contributed by atoms with Crippen LogP contribution in [0.1, 0.15) is 38.5 Å². The van der Waals surface area contributed by atoms with Gasteiger partial charge in [0, 0.05) is 38.1 Å². The molecular formula is C15H27N2O+. The summed E-state index contributed by atoms with van der Waals surface area (Å²) < 4.78 is 7.08. The van der Waals surface area contributed by atoms with Gasteiger partial charge in [-0.05, 0) is 12.8 Å². The van der Waals surface area contributed by atoms with Gasteiger partial charge >= 0.3 is 0 Å². The minimum Gasteiger partial charge on any atom is -0.385 e. The summed E-state index contributed by atoms with van der Waals surface area (Å²) >= 11 is 0. The van der Waals surface area contributed by atoms with E-state index in [0.717, 1.165) is 13.2 Å². The standard InChI is InChI=1S/C15H26N2O/c1-17-12-9-15(10-13-17)16-11-7-5-3-4-6-8-14-18-2/h9-10,12-13H,3-8,11,14H2,1-2H3/p+1. The summed E-state index contributed by atoms with van der Waals surface area (Å²) in [6.07, 6.45) is 11.9. The molecule has 3 heteroatoms. The molecule has 0 atom stereocenters. The molecule has 0 bridgehead atoms. The van der Waals surface area contributed by atoms with Crippen molar-refractivity contribution in [3.05, 3.63) is 24.5 Å². The first-order valence-corrected chi connectivity index (χ1v) is 7.01. The van der Waals surface area contributed by atoms with Gasteiger partial charge in [-0.3, -0.25) is 0 Å². The first-order chi connectivity index (χ1) is 8.83. The fourth-order valence-corrected chi connectivity index (χ4v) is 1.93. The molecule has 3 nitrogen and oxygen atoms in total. The van der Waals surface area contributed by atoms with E-state index in [1.165, 1.54) is 44.2 Å². The summed E-state index contributed by atoms with van der Waals surface area (Å²) in [5, 5.41) is 3.45. The molecule has 1 aromatic rings. The van der Waals surface area contributed by atoms with Crippen molar-refractivity contribution >= 4 is 5.69 Å². The van der Waals surface area contributed by atoms with Crippen LogP contribution in [0.2, 0.25) is 0 Å². The molecule has 0 saturated carbocycles. The van der Waals surface area contributed by atoms with Gasteiger partial charge in [-0.25, -0.2) is 4.57 Å². The molecule has 0 spiro atoms. The molecular weight excluding hydrogens is 224 g/mol. The molecule has 0 radical (unpaired) electrons. The van der Waals surface area contributed by atoms with E-state index in [-0.39, 0.29) is 0 Å². The highest BCUT2D eigenvalue weighted by Crippen LogP contribution is 2.07. The summed E-state index contributed by atoms with van der Waals surface area (Å²) in [7, 11) is 3.81. The van der Waals surface area contributed by atoms with Crippen LogP contribution in [-0.4, -0.2) is 20.3 Å². The number of methoxy groups -OCH3 is 1. The smallest absolute Gasteiger partial charge is 0.170 e. The third kappa shape index (κ3) is 7.28. The fraction of sp³-hybridized carbons (Fsp3) is 0.667. The van der Waals surface area contributed by atoms with Gasteiger partial charge in [-0.15, -0.1) is 0 Å². The van der Waals surface area contributed by atoms with Gasteiger partial charge in [0.25, 0.3) is 0 Å². The van der Waals surface area contributed by atoms with Crippen LogP contribution < -0.4 is 9.88 Å². The molecule has 102 valence electrons. The summed E-state index contributed by atoms with van der Waals surface area (Å²) in [6.45, 7) is 1.98. The number of ether oxygens (including phenoxy) is 1. The van der Waals surface area contributed by atoms with Crippen molar-refractivity contribution in [2.45, 2.75) is 38.5 Å². The lowest BCUT2D eigenvalue weighted by Crippen LogP contribution is -2.25. The molecule has 0 aromatic carbocycles. The maximum absolute atomic E-state index is 5.03. The quantitative estimate of drug-likeness (QED) is 0.511. The van der Waals surface area contributed by atoms with Gasteiger partial charge in [0.2, 0.25) is 0 Å². The van der Waals surface area contributed by atoms with Crippen molar-refractivity contribution in [1.82, 2.24) is 0 Å². The SMILES string of the molecule is COCCCCCCCCNc1cc[n+](C)cc1. The third-order valence-corrected chi connectivity index (χ3v) is 3.08. The Bertz CT molecular complexity index is 298. The normalized spacial score (nSPS) is 10.6. The van der Waals surface area contributed by atoms with Crippen molar-refractivity contribution in [2.75, 3.05) is 25.6 Å². The molecule has 0 aliphatic carbocycles. The highest BCUT2D eigenvalue weighted by Gasteiger charge is 1.95. The van der Waals surface area contributed by atoms with Crippen LogP contribution >= 0.6 is 0 Å². The minimum atomic E-state index is 0.910. The Labute approximate surface area is 111 Å². The molecule has 1 rings (SSSR count). The number of anilines is 1. The van der Waals surface area contributed by atoms with Crippen LogP contribution in [0.15, 0.2) is 24.5 Å².